The van der Waals surface area contributed by atoms with Crippen LogP contribution in [0.1, 0.15) is 36.0 Å². The fourth-order valence-corrected chi connectivity index (χ4v) is 3.13. The summed E-state index contributed by atoms with van der Waals surface area (Å²) in [5.41, 5.74) is 4.30. The van der Waals surface area contributed by atoms with Crippen molar-refractivity contribution in [1.29, 1.82) is 0 Å². The number of hydrogen-bond donors (Lipinski definition) is 1. The fraction of sp³-hybridized carbons (Fsp3) is 0.400. The maximum absolute atomic E-state index is 5.95. The van der Waals surface area contributed by atoms with Gasteiger partial charge in [0.1, 0.15) is 5.75 Å². The first-order valence-corrected chi connectivity index (χ1v) is 8.33. The van der Waals surface area contributed by atoms with E-state index in [9.17, 15) is 0 Å². The van der Waals surface area contributed by atoms with E-state index in [1.807, 2.05) is 0 Å². The molecule has 1 aliphatic rings. The number of rotatable bonds is 5. The predicted molar refractivity (Wildman–Crippen MR) is 98.9 cm³/mol. The monoisotopic (exact) mass is 331 g/mol. The van der Waals surface area contributed by atoms with Crippen molar-refractivity contribution in [2.75, 3.05) is 19.7 Å². The first kappa shape index (κ1) is 17.8. The molecule has 2 nitrogen and oxygen atoms in total. The zero-order valence-electron chi connectivity index (χ0n) is 13.8. The van der Waals surface area contributed by atoms with Gasteiger partial charge in [-0.2, -0.15) is 0 Å². The van der Waals surface area contributed by atoms with E-state index in [1.54, 1.807) is 0 Å². The van der Waals surface area contributed by atoms with Crippen LogP contribution < -0.4 is 10.1 Å². The van der Waals surface area contributed by atoms with Crippen molar-refractivity contribution in [2.24, 2.45) is 0 Å². The highest BCUT2D eigenvalue weighted by molar-refractivity contribution is 5.85. The van der Waals surface area contributed by atoms with Crippen LogP contribution in [-0.2, 0) is 12.8 Å². The topological polar surface area (TPSA) is 21.3 Å². The lowest BCUT2D eigenvalue weighted by molar-refractivity contribution is 0.310. The zero-order chi connectivity index (χ0) is 15.2. The molecular weight excluding hydrogens is 306 g/mol. The maximum Gasteiger partial charge on any atom is 0.119 e. The summed E-state index contributed by atoms with van der Waals surface area (Å²) in [4.78, 5) is 0. The van der Waals surface area contributed by atoms with Crippen LogP contribution in [0.2, 0.25) is 0 Å². The molecule has 2 aromatic carbocycles. The Kier molecular flexibility index (Phi) is 6.94. The largest absolute Gasteiger partial charge is 0.494 e. The molecule has 0 bridgehead atoms. The predicted octanol–water partition coefficient (Wildman–Crippen LogP) is 4.37. The molecule has 1 aliphatic heterocycles. The number of nitrogens with one attached hydrogen (secondary N) is 1. The van der Waals surface area contributed by atoms with Gasteiger partial charge in [0.05, 0.1) is 6.61 Å². The summed E-state index contributed by atoms with van der Waals surface area (Å²) in [6.07, 6.45) is 3.23. The number of hydrogen-bond acceptors (Lipinski definition) is 2. The Morgan fingerprint density at radius 2 is 1.96 bits per heavy atom. The lowest BCUT2D eigenvalue weighted by atomic mass is 9.95. The standard InChI is InChI=1S/C20H25NO.ClH/c1-16-15-21-12-11-18-14-19(9-10-20(16)18)22-13-5-8-17-6-3-2-4-7-17;/h2-4,6-7,9-10,14,16,21H,5,8,11-13,15H2,1H3;1H/t16-;/m1./s1. The third-order valence-corrected chi connectivity index (χ3v) is 4.39. The van der Waals surface area contributed by atoms with Gasteiger partial charge in [0.25, 0.3) is 0 Å². The maximum atomic E-state index is 5.95. The van der Waals surface area contributed by atoms with Crippen molar-refractivity contribution >= 4 is 12.4 Å². The van der Waals surface area contributed by atoms with Crippen molar-refractivity contribution in [3.63, 3.8) is 0 Å². The summed E-state index contributed by atoms with van der Waals surface area (Å²) >= 11 is 0. The first-order valence-electron chi connectivity index (χ1n) is 8.33. The lowest BCUT2D eigenvalue weighted by Crippen LogP contribution is -2.18. The Balaban J connectivity index is 0.00000192. The molecule has 1 atom stereocenters. The minimum Gasteiger partial charge on any atom is -0.494 e. The van der Waals surface area contributed by atoms with Gasteiger partial charge in [-0.1, -0.05) is 43.3 Å². The molecule has 0 fully saturated rings. The van der Waals surface area contributed by atoms with Gasteiger partial charge in [0.15, 0.2) is 0 Å². The van der Waals surface area contributed by atoms with Gasteiger partial charge < -0.3 is 10.1 Å². The highest BCUT2D eigenvalue weighted by Crippen LogP contribution is 2.26. The Morgan fingerprint density at radius 3 is 2.78 bits per heavy atom. The Labute approximate surface area is 145 Å². The van der Waals surface area contributed by atoms with E-state index in [-0.39, 0.29) is 12.4 Å². The summed E-state index contributed by atoms with van der Waals surface area (Å²) in [7, 11) is 0. The number of aryl methyl sites for hydroxylation is 1. The van der Waals surface area contributed by atoms with E-state index < -0.39 is 0 Å². The normalized spacial score (nSPS) is 16.8. The molecule has 0 unspecified atom stereocenters. The van der Waals surface area contributed by atoms with Crippen LogP contribution in [0.25, 0.3) is 0 Å². The van der Waals surface area contributed by atoms with Crippen molar-refractivity contribution in [1.82, 2.24) is 5.32 Å². The van der Waals surface area contributed by atoms with Crippen LogP contribution in [0.5, 0.6) is 5.75 Å². The van der Waals surface area contributed by atoms with Crippen LogP contribution in [-0.4, -0.2) is 19.7 Å². The number of benzene rings is 2. The van der Waals surface area contributed by atoms with Gasteiger partial charge >= 0.3 is 0 Å². The van der Waals surface area contributed by atoms with Gasteiger partial charge in [0, 0.05) is 6.54 Å². The Bertz CT molecular complexity index is 600. The Morgan fingerprint density at radius 1 is 1.13 bits per heavy atom. The molecule has 1 heterocycles. The molecule has 0 saturated heterocycles. The molecule has 23 heavy (non-hydrogen) atoms. The molecule has 2 aromatic rings. The molecule has 0 spiro atoms. The second-order valence-corrected chi connectivity index (χ2v) is 6.15. The van der Waals surface area contributed by atoms with E-state index >= 15 is 0 Å². The molecule has 0 radical (unpaired) electrons. The van der Waals surface area contributed by atoms with Crippen molar-refractivity contribution < 1.29 is 4.74 Å². The van der Waals surface area contributed by atoms with E-state index in [2.05, 4.69) is 60.8 Å². The lowest BCUT2D eigenvalue weighted by Gasteiger charge is -2.14. The van der Waals surface area contributed by atoms with Gasteiger partial charge in [-0.15, -0.1) is 12.4 Å². The minimum atomic E-state index is 0. The van der Waals surface area contributed by atoms with Gasteiger partial charge in [-0.25, -0.2) is 0 Å². The van der Waals surface area contributed by atoms with Gasteiger partial charge in [0.2, 0.25) is 0 Å². The van der Waals surface area contributed by atoms with Crippen LogP contribution >= 0.6 is 12.4 Å². The molecule has 0 aliphatic carbocycles. The van der Waals surface area contributed by atoms with E-state index in [0.717, 1.165) is 44.7 Å². The summed E-state index contributed by atoms with van der Waals surface area (Å²) in [6, 6.07) is 17.2. The fourth-order valence-electron chi connectivity index (χ4n) is 3.13. The zero-order valence-corrected chi connectivity index (χ0v) is 14.6. The first-order chi connectivity index (χ1) is 10.8. The number of fused-ring (bicyclic) bond motifs is 1. The van der Waals surface area contributed by atoms with Crippen molar-refractivity contribution in [3.05, 3.63) is 65.2 Å². The second kappa shape index (κ2) is 8.95. The third kappa shape index (κ3) is 4.98. The van der Waals surface area contributed by atoms with Crippen LogP contribution in [0.4, 0.5) is 0 Å². The second-order valence-electron chi connectivity index (χ2n) is 6.15. The van der Waals surface area contributed by atoms with Gasteiger partial charge in [-0.3, -0.25) is 0 Å². The van der Waals surface area contributed by atoms with E-state index in [1.165, 1.54) is 16.7 Å². The van der Waals surface area contributed by atoms with E-state index in [4.69, 9.17) is 4.74 Å². The van der Waals surface area contributed by atoms with Crippen LogP contribution in [0.15, 0.2) is 48.5 Å². The molecule has 124 valence electrons. The Hall–Kier alpha value is -1.51. The molecule has 1 N–H and O–H groups in total. The number of halogens is 1. The third-order valence-electron chi connectivity index (χ3n) is 4.39. The number of ether oxygens (including phenoxy) is 1. The highest BCUT2D eigenvalue weighted by Gasteiger charge is 2.14. The average molecular weight is 332 g/mol. The summed E-state index contributed by atoms with van der Waals surface area (Å²) < 4.78 is 5.95. The summed E-state index contributed by atoms with van der Waals surface area (Å²) in [5, 5.41) is 3.49. The molecule has 3 heteroatoms. The quantitative estimate of drug-likeness (QED) is 0.821. The van der Waals surface area contributed by atoms with Crippen LogP contribution in [0.3, 0.4) is 0 Å². The molecule has 0 amide bonds. The molecule has 0 aromatic heterocycles. The van der Waals surface area contributed by atoms with Crippen molar-refractivity contribution in [2.45, 2.75) is 32.1 Å². The summed E-state index contributed by atoms with van der Waals surface area (Å²) in [6.45, 7) is 5.21. The van der Waals surface area contributed by atoms with Crippen LogP contribution in [0, 0.1) is 0 Å². The van der Waals surface area contributed by atoms with Crippen molar-refractivity contribution in [3.8, 4) is 5.75 Å². The minimum absolute atomic E-state index is 0. The molecule has 0 saturated carbocycles. The molecule has 3 rings (SSSR count). The van der Waals surface area contributed by atoms with E-state index in [0.29, 0.717) is 5.92 Å². The summed E-state index contributed by atoms with van der Waals surface area (Å²) in [5.74, 6) is 1.60. The SMILES string of the molecule is C[C@@H]1CNCCc2cc(OCCCc3ccccc3)ccc21.Cl. The highest BCUT2D eigenvalue weighted by atomic mass is 35.5. The molecular formula is C20H26ClNO. The van der Waals surface area contributed by atoms with Gasteiger partial charge in [-0.05, 0) is 60.5 Å². The smallest absolute Gasteiger partial charge is 0.119 e. The average Bonchev–Trinajstić information content (AvgIpc) is 2.74.